The van der Waals surface area contributed by atoms with Crippen LogP contribution in [0.4, 0.5) is 13.2 Å². The highest BCUT2D eigenvalue weighted by Gasteiger charge is 2.34. The lowest BCUT2D eigenvalue weighted by Gasteiger charge is -2.09. The quantitative estimate of drug-likeness (QED) is 0.818. The minimum atomic E-state index is -4.44. The number of halogens is 3. The van der Waals surface area contributed by atoms with Crippen LogP contribution in [0.5, 0.6) is 0 Å². The zero-order chi connectivity index (χ0) is 13.5. The van der Waals surface area contributed by atoms with E-state index in [0.29, 0.717) is 5.69 Å². The van der Waals surface area contributed by atoms with E-state index >= 15 is 0 Å². The molecule has 96 valence electrons. The normalized spacial score (nSPS) is 11.9. The summed E-state index contributed by atoms with van der Waals surface area (Å²) in [6.45, 7) is 5.82. The monoisotopic (exact) mass is 254 g/mol. The summed E-state index contributed by atoms with van der Waals surface area (Å²) >= 11 is 0. The first kappa shape index (κ1) is 12.7. The van der Waals surface area contributed by atoms with Gasteiger partial charge >= 0.3 is 6.18 Å². The fraction of sp³-hybridized carbons (Fsp3) is 0.308. The molecule has 0 atom stereocenters. The van der Waals surface area contributed by atoms with Crippen molar-refractivity contribution in [3.8, 4) is 11.3 Å². The lowest BCUT2D eigenvalue weighted by molar-refractivity contribution is -0.144. The van der Waals surface area contributed by atoms with E-state index in [9.17, 15) is 13.2 Å². The maximum atomic E-state index is 12.5. The number of aromatic nitrogens is 2. The van der Waals surface area contributed by atoms with Crippen molar-refractivity contribution in [2.75, 3.05) is 0 Å². The van der Waals surface area contributed by atoms with Gasteiger partial charge in [-0.2, -0.15) is 13.2 Å². The third-order valence-corrected chi connectivity index (χ3v) is 3.19. The van der Waals surface area contributed by atoms with Gasteiger partial charge in [-0.05, 0) is 37.5 Å². The van der Waals surface area contributed by atoms with Crippen LogP contribution in [0.3, 0.4) is 0 Å². The van der Waals surface area contributed by atoms with Crippen LogP contribution < -0.4 is 0 Å². The molecule has 1 heterocycles. The van der Waals surface area contributed by atoms with Gasteiger partial charge in [0.25, 0.3) is 0 Å². The number of hydrogen-bond acceptors (Lipinski definition) is 1. The second-order valence-electron chi connectivity index (χ2n) is 4.32. The van der Waals surface area contributed by atoms with Gasteiger partial charge in [-0.3, -0.25) is 0 Å². The summed E-state index contributed by atoms with van der Waals surface area (Å²) in [7, 11) is 0. The lowest BCUT2D eigenvalue weighted by atomic mass is 9.97. The van der Waals surface area contributed by atoms with Crippen LogP contribution in [0.25, 0.3) is 11.3 Å². The van der Waals surface area contributed by atoms with Crippen LogP contribution in [0.2, 0.25) is 0 Å². The van der Waals surface area contributed by atoms with E-state index in [2.05, 4.69) is 9.97 Å². The number of hydrogen-bond donors (Lipinski definition) is 1. The molecule has 0 saturated carbocycles. The average Bonchev–Trinajstić information content (AvgIpc) is 2.75. The predicted molar refractivity (Wildman–Crippen MR) is 63.2 cm³/mol. The second kappa shape index (κ2) is 4.15. The van der Waals surface area contributed by atoms with Gasteiger partial charge in [0, 0.05) is 5.56 Å². The smallest absolute Gasteiger partial charge is 0.334 e. The molecule has 2 nitrogen and oxygen atoms in total. The van der Waals surface area contributed by atoms with E-state index in [-0.39, 0.29) is 0 Å². The summed E-state index contributed by atoms with van der Waals surface area (Å²) < 4.78 is 37.4. The number of imidazole rings is 1. The van der Waals surface area contributed by atoms with Gasteiger partial charge in [-0.1, -0.05) is 12.1 Å². The van der Waals surface area contributed by atoms with Crippen LogP contribution >= 0.6 is 0 Å². The Bertz CT molecular complexity index is 582. The van der Waals surface area contributed by atoms with Crippen molar-refractivity contribution in [3.63, 3.8) is 0 Å². The number of H-pyrrole nitrogens is 1. The number of aryl methyl sites for hydroxylation is 1. The summed E-state index contributed by atoms with van der Waals surface area (Å²) in [5, 5.41) is 0. The Morgan fingerprint density at radius 1 is 1.06 bits per heavy atom. The number of nitrogens with one attached hydrogen (secondary N) is 1. The lowest BCUT2D eigenvalue weighted by Crippen LogP contribution is -2.07. The number of benzene rings is 1. The Morgan fingerprint density at radius 3 is 2.28 bits per heavy atom. The molecule has 0 spiro atoms. The molecular weight excluding hydrogens is 241 g/mol. The summed E-state index contributed by atoms with van der Waals surface area (Å²) in [5.74, 6) is -0.963. The fourth-order valence-electron chi connectivity index (χ4n) is 1.85. The summed E-state index contributed by atoms with van der Waals surface area (Å²) in [4.78, 5) is 5.70. The van der Waals surface area contributed by atoms with E-state index in [0.717, 1.165) is 22.3 Å². The highest BCUT2D eigenvalue weighted by Crippen LogP contribution is 2.31. The summed E-state index contributed by atoms with van der Waals surface area (Å²) in [6, 6.07) is 3.71. The highest BCUT2D eigenvalue weighted by molar-refractivity contribution is 5.65. The van der Waals surface area contributed by atoms with Gasteiger partial charge in [-0.25, -0.2) is 4.98 Å². The molecular formula is C13H13F3N2. The van der Waals surface area contributed by atoms with Crippen LogP contribution in [0.1, 0.15) is 22.5 Å². The zero-order valence-corrected chi connectivity index (χ0v) is 10.3. The first-order valence-electron chi connectivity index (χ1n) is 5.50. The van der Waals surface area contributed by atoms with E-state index < -0.39 is 12.0 Å². The third-order valence-electron chi connectivity index (χ3n) is 3.19. The second-order valence-corrected chi connectivity index (χ2v) is 4.32. The van der Waals surface area contributed by atoms with Gasteiger partial charge in [-0.15, -0.1) is 0 Å². The number of nitrogens with zero attached hydrogens (tertiary/aromatic N) is 1. The Kier molecular flexibility index (Phi) is 2.92. The molecule has 0 aliphatic carbocycles. The molecule has 18 heavy (non-hydrogen) atoms. The average molecular weight is 254 g/mol. The molecule has 0 bridgehead atoms. The Hall–Kier alpha value is -1.78. The molecule has 1 aromatic carbocycles. The standard InChI is InChI=1S/C13H13F3N2/c1-7-4-5-10(9(3)8(7)2)11-6-17-12(18-11)13(14,15)16/h4-6H,1-3H3,(H,17,18). The number of aromatic amines is 1. The Balaban J connectivity index is 2.50. The summed E-state index contributed by atoms with van der Waals surface area (Å²) in [5.41, 5.74) is 4.30. The van der Waals surface area contributed by atoms with Crippen LogP contribution in [-0.4, -0.2) is 9.97 Å². The zero-order valence-electron chi connectivity index (χ0n) is 10.3. The molecule has 5 heteroatoms. The molecule has 0 radical (unpaired) electrons. The SMILES string of the molecule is Cc1ccc(-c2cnc(C(F)(F)F)[nH]2)c(C)c1C. The molecule has 1 aromatic heterocycles. The van der Waals surface area contributed by atoms with Crippen LogP contribution in [-0.2, 0) is 6.18 Å². The van der Waals surface area contributed by atoms with E-state index in [1.165, 1.54) is 6.20 Å². The number of alkyl halides is 3. The summed E-state index contributed by atoms with van der Waals surface area (Å²) in [6.07, 6.45) is -3.22. The molecule has 2 rings (SSSR count). The van der Waals surface area contributed by atoms with Crippen molar-refractivity contribution in [2.24, 2.45) is 0 Å². The topological polar surface area (TPSA) is 28.7 Å². The fourth-order valence-corrected chi connectivity index (χ4v) is 1.85. The predicted octanol–water partition coefficient (Wildman–Crippen LogP) is 4.02. The van der Waals surface area contributed by atoms with Crippen molar-refractivity contribution in [1.82, 2.24) is 9.97 Å². The molecule has 0 aliphatic heterocycles. The third kappa shape index (κ3) is 2.12. The molecule has 2 aromatic rings. The van der Waals surface area contributed by atoms with Crippen molar-refractivity contribution in [2.45, 2.75) is 26.9 Å². The maximum absolute atomic E-state index is 12.5. The Labute approximate surface area is 103 Å². The van der Waals surface area contributed by atoms with E-state index in [4.69, 9.17) is 0 Å². The first-order valence-corrected chi connectivity index (χ1v) is 5.50. The van der Waals surface area contributed by atoms with Gasteiger partial charge in [0.05, 0.1) is 11.9 Å². The van der Waals surface area contributed by atoms with Gasteiger partial charge in [0.1, 0.15) is 0 Å². The molecule has 0 saturated heterocycles. The molecule has 0 fully saturated rings. The van der Waals surface area contributed by atoms with Crippen molar-refractivity contribution in [3.05, 3.63) is 40.8 Å². The van der Waals surface area contributed by atoms with Crippen molar-refractivity contribution < 1.29 is 13.2 Å². The van der Waals surface area contributed by atoms with Crippen LogP contribution in [0, 0.1) is 20.8 Å². The van der Waals surface area contributed by atoms with Crippen molar-refractivity contribution >= 4 is 0 Å². The molecule has 1 N–H and O–H groups in total. The maximum Gasteiger partial charge on any atom is 0.449 e. The number of rotatable bonds is 1. The van der Waals surface area contributed by atoms with E-state index in [1.54, 1.807) is 0 Å². The minimum Gasteiger partial charge on any atom is -0.334 e. The Morgan fingerprint density at radius 2 is 1.72 bits per heavy atom. The largest absolute Gasteiger partial charge is 0.449 e. The molecule has 0 aliphatic rings. The van der Waals surface area contributed by atoms with Gasteiger partial charge in [0.2, 0.25) is 5.82 Å². The van der Waals surface area contributed by atoms with Gasteiger partial charge < -0.3 is 4.98 Å². The molecule has 0 unspecified atom stereocenters. The molecule has 0 amide bonds. The first-order chi connectivity index (χ1) is 8.30. The minimum absolute atomic E-state index is 0.392. The van der Waals surface area contributed by atoms with E-state index in [1.807, 2.05) is 32.9 Å². The highest BCUT2D eigenvalue weighted by atomic mass is 19.4. The van der Waals surface area contributed by atoms with Gasteiger partial charge in [0.15, 0.2) is 0 Å². The van der Waals surface area contributed by atoms with Crippen molar-refractivity contribution in [1.29, 1.82) is 0 Å². The van der Waals surface area contributed by atoms with Crippen LogP contribution in [0.15, 0.2) is 18.3 Å².